The second kappa shape index (κ2) is 3.99. The fourth-order valence-electron chi connectivity index (χ4n) is 1.68. The lowest BCUT2D eigenvalue weighted by Gasteiger charge is -2.06. The minimum Gasteiger partial charge on any atom is -0.492 e. The van der Waals surface area contributed by atoms with Gasteiger partial charge in [0.1, 0.15) is 18.3 Å². The number of carbonyl (C=O) groups is 1. The lowest BCUT2D eigenvalue weighted by Crippen LogP contribution is -2.15. The highest BCUT2D eigenvalue weighted by Gasteiger charge is 2.32. The van der Waals surface area contributed by atoms with Crippen LogP contribution in [0.5, 0.6) is 5.75 Å². The maximum Gasteiger partial charge on any atom is 0.332 e. The summed E-state index contributed by atoms with van der Waals surface area (Å²) in [4.78, 5) is 10.9. The van der Waals surface area contributed by atoms with Gasteiger partial charge in [-0.15, -0.1) is 3.89 Å². The molecule has 7 heteroatoms. The first-order chi connectivity index (χ1) is 7.93. The van der Waals surface area contributed by atoms with Crippen molar-refractivity contribution in [1.82, 2.24) is 0 Å². The number of carbonyl (C=O) groups excluding carboxylic acids is 1. The zero-order valence-corrected chi connectivity index (χ0v) is 9.66. The van der Waals surface area contributed by atoms with Crippen molar-refractivity contribution in [3.63, 3.8) is 0 Å². The molecule has 0 spiro atoms. The Morgan fingerprint density at radius 3 is 2.82 bits per heavy atom. The fourth-order valence-corrected chi connectivity index (χ4v) is 2.18. The molecule has 0 N–H and O–H groups in total. The van der Waals surface area contributed by atoms with E-state index in [1.807, 2.05) is 0 Å². The Kier molecular flexibility index (Phi) is 2.78. The summed E-state index contributed by atoms with van der Waals surface area (Å²) in [5.74, 6) is -0.887. The lowest BCUT2D eigenvalue weighted by atomic mass is 10.0. The van der Waals surface area contributed by atoms with Gasteiger partial charge in [0, 0.05) is 5.56 Å². The molecule has 2 rings (SSSR count). The van der Waals surface area contributed by atoms with Crippen LogP contribution in [0.2, 0.25) is 0 Å². The monoisotopic (exact) mass is 260 g/mol. The average Bonchev–Trinajstić information content (AvgIpc) is 2.69. The second-order valence-corrected chi connectivity index (χ2v) is 4.87. The van der Waals surface area contributed by atoms with Gasteiger partial charge in [-0.1, -0.05) is 0 Å². The molecule has 0 aromatic heterocycles. The van der Waals surface area contributed by atoms with Crippen LogP contribution >= 0.6 is 0 Å². The molecule has 1 aliphatic heterocycles. The molecule has 92 valence electrons. The molecule has 0 amide bonds. The van der Waals surface area contributed by atoms with Crippen LogP contribution in [0.1, 0.15) is 11.5 Å². The Balaban J connectivity index is 2.48. The van der Waals surface area contributed by atoms with Crippen LogP contribution in [-0.2, 0) is 19.8 Å². The number of fused-ring (bicyclic) bond motifs is 1. The molecule has 1 heterocycles. The van der Waals surface area contributed by atoms with Crippen LogP contribution < -0.4 is 4.74 Å². The van der Waals surface area contributed by atoms with E-state index in [9.17, 15) is 17.1 Å². The van der Waals surface area contributed by atoms with Crippen LogP contribution in [0.15, 0.2) is 23.1 Å². The van der Waals surface area contributed by atoms with E-state index in [0.29, 0.717) is 11.3 Å². The summed E-state index contributed by atoms with van der Waals surface area (Å²) in [6, 6.07) is 3.51. The molecule has 1 atom stereocenters. The first-order valence-electron chi connectivity index (χ1n) is 4.72. The standard InChI is InChI=1S/C10H9FO5S/c1-15-10(12)8-5-16-9-3-2-6(4-7(8)9)17(11,13)14/h2-4,8H,5H2,1H3. The molecule has 17 heavy (non-hydrogen) atoms. The molecule has 0 saturated carbocycles. The Bertz CT molecular complexity index is 566. The average molecular weight is 260 g/mol. The van der Waals surface area contributed by atoms with Crippen molar-refractivity contribution in [1.29, 1.82) is 0 Å². The molecule has 0 fully saturated rings. The van der Waals surface area contributed by atoms with Gasteiger partial charge in [-0.3, -0.25) is 4.79 Å². The van der Waals surface area contributed by atoms with E-state index >= 15 is 0 Å². The predicted molar refractivity (Wildman–Crippen MR) is 55.0 cm³/mol. The number of hydrogen-bond donors (Lipinski definition) is 0. The maximum absolute atomic E-state index is 12.8. The summed E-state index contributed by atoms with van der Waals surface area (Å²) < 4.78 is 44.1. The highest BCUT2D eigenvalue weighted by molar-refractivity contribution is 7.86. The number of rotatable bonds is 2. The number of esters is 1. The Hall–Kier alpha value is -1.63. The van der Waals surface area contributed by atoms with Gasteiger partial charge in [-0.25, -0.2) is 0 Å². The quantitative estimate of drug-likeness (QED) is 0.586. The van der Waals surface area contributed by atoms with Gasteiger partial charge in [0.2, 0.25) is 0 Å². The molecule has 1 aliphatic rings. The van der Waals surface area contributed by atoms with Gasteiger partial charge in [0.15, 0.2) is 0 Å². The van der Waals surface area contributed by atoms with E-state index in [4.69, 9.17) is 4.74 Å². The first kappa shape index (κ1) is 11.8. The van der Waals surface area contributed by atoms with E-state index in [1.165, 1.54) is 13.2 Å². The predicted octanol–water partition coefficient (Wildman–Crippen LogP) is 0.994. The highest BCUT2D eigenvalue weighted by Crippen LogP contribution is 2.36. The minimum absolute atomic E-state index is 0.0673. The molecule has 0 saturated heterocycles. The van der Waals surface area contributed by atoms with Gasteiger partial charge in [-0.05, 0) is 18.2 Å². The third-order valence-corrected chi connectivity index (χ3v) is 3.35. The van der Waals surface area contributed by atoms with Crippen LogP contribution in [0, 0.1) is 0 Å². The summed E-state index contributed by atoms with van der Waals surface area (Å²) in [7, 11) is -3.57. The minimum atomic E-state index is -4.79. The molecule has 1 aromatic carbocycles. The van der Waals surface area contributed by atoms with E-state index in [0.717, 1.165) is 12.1 Å². The Morgan fingerprint density at radius 2 is 2.24 bits per heavy atom. The lowest BCUT2D eigenvalue weighted by molar-refractivity contribution is -0.142. The summed E-state index contributed by atoms with van der Waals surface area (Å²) in [6.07, 6.45) is 0. The molecule has 0 aliphatic carbocycles. The third kappa shape index (κ3) is 2.10. The van der Waals surface area contributed by atoms with Crippen LogP contribution in [0.25, 0.3) is 0 Å². The van der Waals surface area contributed by atoms with Crippen molar-refractivity contribution >= 4 is 16.2 Å². The zero-order valence-electron chi connectivity index (χ0n) is 8.84. The molecular formula is C10H9FO5S. The van der Waals surface area contributed by atoms with Crippen LogP contribution in [0.3, 0.4) is 0 Å². The van der Waals surface area contributed by atoms with Crippen molar-refractivity contribution in [2.45, 2.75) is 10.8 Å². The molecule has 1 aromatic rings. The first-order valence-corrected chi connectivity index (χ1v) is 6.11. The maximum atomic E-state index is 12.8. The van der Waals surface area contributed by atoms with Crippen molar-refractivity contribution in [2.24, 2.45) is 0 Å². The largest absolute Gasteiger partial charge is 0.492 e. The smallest absolute Gasteiger partial charge is 0.332 e. The zero-order chi connectivity index (χ0) is 12.6. The van der Waals surface area contributed by atoms with Crippen molar-refractivity contribution in [3.05, 3.63) is 23.8 Å². The van der Waals surface area contributed by atoms with Gasteiger partial charge < -0.3 is 9.47 Å². The Morgan fingerprint density at radius 1 is 1.53 bits per heavy atom. The van der Waals surface area contributed by atoms with E-state index in [2.05, 4.69) is 4.74 Å². The number of halogens is 1. The summed E-state index contributed by atoms with van der Waals surface area (Å²) >= 11 is 0. The number of hydrogen-bond acceptors (Lipinski definition) is 5. The van der Waals surface area contributed by atoms with Crippen LogP contribution in [0.4, 0.5) is 3.89 Å². The summed E-state index contributed by atoms with van der Waals surface area (Å²) in [5, 5.41) is 0. The highest BCUT2D eigenvalue weighted by atomic mass is 32.3. The topological polar surface area (TPSA) is 69.7 Å². The molecule has 0 radical (unpaired) electrons. The second-order valence-electron chi connectivity index (χ2n) is 3.52. The van der Waals surface area contributed by atoms with E-state index < -0.39 is 27.0 Å². The number of methoxy groups -OCH3 is 1. The summed E-state index contributed by atoms with van der Waals surface area (Å²) in [5.41, 5.74) is 0.329. The SMILES string of the molecule is COC(=O)C1COc2ccc(S(=O)(=O)F)cc21. The molecule has 1 unspecified atom stereocenters. The molecule has 0 bridgehead atoms. The van der Waals surface area contributed by atoms with Crippen molar-refractivity contribution in [3.8, 4) is 5.75 Å². The van der Waals surface area contributed by atoms with Gasteiger partial charge in [0.05, 0.1) is 12.0 Å². The van der Waals surface area contributed by atoms with Crippen LogP contribution in [-0.4, -0.2) is 28.1 Å². The van der Waals surface area contributed by atoms with Gasteiger partial charge in [-0.2, -0.15) is 8.42 Å². The molecule has 5 nitrogen and oxygen atoms in total. The number of ether oxygens (including phenoxy) is 2. The van der Waals surface area contributed by atoms with Crippen molar-refractivity contribution in [2.75, 3.05) is 13.7 Å². The normalized spacial score (nSPS) is 18.4. The Labute approximate surface area is 97.4 Å². The van der Waals surface area contributed by atoms with Crippen molar-refractivity contribution < 1.29 is 26.6 Å². The third-order valence-electron chi connectivity index (χ3n) is 2.53. The molecular weight excluding hydrogens is 251 g/mol. The fraction of sp³-hybridized carbons (Fsp3) is 0.300. The van der Waals surface area contributed by atoms with E-state index in [1.54, 1.807) is 0 Å². The number of benzene rings is 1. The van der Waals surface area contributed by atoms with Gasteiger partial charge in [0.25, 0.3) is 0 Å². The van der Waals surface area contributed by atoms with E-state index in [-0.39, 0.29) is 6.61 Å². The summed E-state index contributed by atoms with van der Waals surface area (Å²) in [6.45, 7) is 0.0673. The van der Waals surface area contributed by atoms with Gasteiger partial charge >= 0.3 is 16.2 Å².